The van der Waals surface area contributed by atoms with Gasteiger partial charge in [-0.2, -0.15) is 0 Å². The van der Waals surface area contributed by atoms with Crippen LogP contribution < -0.4 is 5.32 Å². The number of amides is 1. The highest BCUT2D eigenvalue weighted by Gasteiger charge is 2.27. The molecule has 1 N–H and O–H groups in total. The van der Waals surface area contributed by atoms with Crippen LogP contribution in [0.25, 0.3) is 0 Å². The third-order valence-electron chi connectivity index (χ3n) is 4.34. The van der Waals surface area contributed by atoms with Crippen molar-refractivity contribution >= 4 is 11.9 Å². The van der Waals surface area contributed by atoms with Crippen molar-refractivity contribution in [3.05, 3.63) is 0 Å². The van der Waals surface area contributed by atoms with Crippen LogP contribution in [0.5, 0.6) is 0 Å². The van der Waals surface area contributed by atoms with Gasteiger partial charge in [0.15, 0.2) is 5.78 Å². The molecule has 0 aliphatic heterocycles. The number of hydrogen-bond acceptors (Lipinski definition) is 3. The van der Waals surface area contributed by atoms with Gasteiger partial charge in [0.05, 0.1) is 6.04 Å². The summed E-state index contributed by atoms with van der Waals surface area (Å²) in [7, 11) is 0. The van der Waals surface area contributed by atoms with Gasteiger partial charge in [-0.05, 0) is 45.4 Å². The lowest BCUT2D eigenvalue weighted by Crippen LogP contribution is -2.44. The Balaban J connectivity index is 2.62. The molecule has 4 heteroatoms. The summed E-state index contributed by atoms with van der Waals surface area (Å²) >= 11 is 0. The van der Waals surface area contributed by atoms with E-state index in [1.165, 1.54) is 32.1 Å². The minimum absolute atomic E-state index is 0.148. The lowest BCUT2D eigenvalue weighted by atomic mass is 9.83. The zero-order valence-corrected chi connectivity index (χ0v) is 15.6. The molecule has 0 bridgehead atoms. The Morgan fingerprint density at radius 2 is 1.74 bits per heavy atom. The number of ether oxygens (including phenoxy) is 1. The molecule has 4 nitrogen and oxygen atoms in total. The predicted octanol–water partition coefficient (Wildman–Crippen LogP) is 4.86. The number of ketones is 1. The second kappa shape index (κ2) is 9.29. The first-order valence-electron chi connectivity index (χ1n) is 9.19. The molecule has 0 spiro atoms. The van der Waals surface area contributed by atoms with E-state index >= 15 is 0 Å². The Morgan fingerprint density at radius 3 is 2.26 bits per heavy atom. The van der Waals surface area contributed by atoms with Gasteiger partial charge >= 0.3 is 6.09 Å². The van der Waals surface area contributed by atoms with E-state index in [4.69, 9.17) is 4.74 Å². The number of alkyl carbamates (subject to hydrolysis) is 1. The van der Waals surface area contributed by atoms with Crippen molar-refractivity contribution in [3.8, 4) is 0 Å². The fraction of sp³-hybridized carbons (Fsp3) is 0.895. The monoisotopic (exact) mass is 325 g/mol. The largest absolute Gasteiger partial charge is 0.444 e. The van der Waals surface area contributed by atoms with Crippen molar-refractivity contribution in [1.82, 2.24) is 5.32 Å². The lowest BCUT2D eigenvalue weighted by Gasteiger charge is -2.28. The quantitative estimate of drug-likeness (QED) is 0.727. The maximum atomic E-state index is 12.6. The molecule has 0 saturated heterocycles. The number of carbonyl (C=O) groups excluding carboxylic acids is 2. The molecule has 0 aromatic heterocycles. The van der Waals surface area contributed by atoms with Gasteiger partial charge in [-0.1, -0.05) is 46.0 Å². The topological polar surface area (TPSA) is 55.4 Å². The molecule has 1 aliphatic rings. The van der Waals surface area contributed by atoms with Gasteiger partial charge in [0, 0.05) is 6.42 Å². The van der Waals surface area contributed by atoms with Crippen LogP contribution in [0.15, 0.2) is 0 Å². The fourth-order valence-electron chi connectivity index (χ4n) is 3.08. The third-order valence-corrected chi connectivity index (χ3v) is 4.34. The van der Waals surface area contributed by atoms with Crippen LogP contribution in [0.3, 0.4) is 0 Å². The lowest BCUT2D eigenvalue weighted by molar-refractivity contribution is -0.121. The van der Waals surface area contributed by atoms with Crippen LogP contribution in [0, 0.1) is 11.8 Å². The Labute approximate surface area is 141 Å². The van der Waals surface area contributed by atoms with Gasteiger partial charge < -0.3 is 10.1 Å². The van der Waals surface area contributed by atoms with Crippen molar-refractivity contribution < 1.29 is 14.3 Å². The van der Waals surface area contributed by atoms with Gasteiger partial charge in [0.2, 0.25) is 0 Å². The van der Waals surface area contributed by atoms with E-state index < -0.39 is 17.7 Å². The SMILES string of the molecule is CC(C)CCC(=O)[C@H](CC1CCCCC1)NC(=O)OC(C)(C)C. The van der Waals surface area contributed by atoms with Gasteiger partial charge in [-0.15, -0.1) is 0 Å². The third kappa shape index (κ3) is 8.97. The van der Waals surface area contributed by atoms with Gasteiger partial charge in [-0.3, -0.25) is 4.79 Å². The average Bonchev–Trinajstić information content (AvgIpc) is 2.43. The molecule has 0 aromatic rings. The summed E-state index contributed by atoms with van der Waals surface area (Å²) in [6, 6.07) is -0.397. The highest BCUT2D eigenvalue weighted by atomic mass is 16.6. The molecule has 1 saturated carbocycles. The van der Waals surface area contributed by atoms with Crippen molar-refractivity contribution in [1.29, 1.82) is 0 Å². The number of nitrogens with one attached hydrogen (secondary N) is 1. The summed E-state index contributed by atoms with van der Waals surface area (Å²) in [4.78, 5) is 24.6. The van der Waals surface area contributed by atoms with E-state index in [9.17, 15) is 9.59 Å². The van der Waals surface area contributed by atoms with Crippen molar-refractivity contribution in [2.75, 3.05) is 0 Å². The summed E-state index contributed by atoms with van der Waals surface area (Å²) in [5.74, 6) is 1.19. The summed E-state index contributed by atoms with van der Waals surface area (Å²) in [5.41, 5.74) is -0.541. The van der Waals surface area contributed by atoms with E-state index in [0.29, 0.717) is 18.3 Å². The molecule has 1 aliphatic carbocycles. The Kier molecular flexibility index (Phi) is 8.07. The Morgan fingerprint density at radius 1 is 1.13 bits per heavy atom. The van der Waals surface area contributed by atoms with Crippen LogP contribution in [-0.2, 0) is 9.53 Å². The molecular weight excluding hydrogens is 290 g/mol. The molecule has 1 rings (SSSR count). The molecule has 0 unspecified atom stereocenters. The van der Waals surface area contributed by atoms with Gasteiger partial charge in [-0.25, -0.2) is 4.79 Å². The van der Waals surface area contributed by atoms with Crippen molar-refractivity contribution in [2.24, 2.45) is 11.8 Å². The first-order chi connectivity index (χ1) is 10.7. The van der Waals surface area contributed by atoms with Crippen LogP contribution in [0.1, 0.15) is 86.0 Å². The molecule has 23 heavy (non-hydrogen) atoms. The highest BCUT2D eigenvalue weighted by molar-refractivity contribution is 5.87. The summed E-state index contributed by atoms with van der Waals surface area (Å²) in [6.45, 7) is 9.74. The first kappa shape index (κ1) is 20.0. The zero-order valence-electron chi connectivity index (χ0n) is 15.6. The molecule has 1 atom stereocenters. The highest BCUT2D eigenvalue weighted by Crippen LogP contribution is 2.28. The maximum absolute atomic E-state index is 12.6. The molecule has 0 aromatic carbocycles. The van der Waals surface area contributed by atoms with E-state index in [2.05, 4.69) is 19.2 Å². The summed E-state index contributed by atoms with van der Waals surface area (Å²) in [6.07, 6.45) is 7.80. The minimum Gasteiger partial charge on any atom is -0.444 e. The van der Waals surface area contributed by atoms with E-state index in [-0.39, 0.29) is 5.78 Å². The minimum atomic E-state index is -0.541. The van der Waals surface area contributed by atoms with Gasteiger partial charge in [0.25, 0.3) is 0 Å². The van der Waals surface area contributed by atoms with E-state index in [1.54, 1.807) is 0 Å². The number of carbonyl (C=O) groups is 2. The predicted molar refractivity (Wildman–Crippen MR) is 93.4 cm³/mol. The molecule has 0 radical (unpaired) electrons. The second-order valence-electron chi connectivity index (χ2n) is 8.34. The van der Waals surface area contributed by atoms with E-state index in [0.717, 1.165) is 12.8 Å². The maximum Gasteiger partial charge on any atom is 0.408 e. The van der Waals surface area contributed by atoms with Gasteiger partial charge in [0.1, 0.15) is 5.60 Å². The van der Waals surface area contributed by atoms with Crippen LogP contribution in [0.4, 0.5) is 4.79 Å². The molecule has 134 valence electrons. The molecular formula is C19H35NO3. The Hall–Kier alpha value is -1.06. The molecule has 0 heterocycles. The summed E-state index contributed by atoms with van der Waals surface area (Å²) < 4.78 is 5.33. The normalized spacial score (nSPS) is 17.8. The van der Waals surface area contributed by atoms with E-state index in [1.807, 2.05) is 20.8 Å². The van der Waals surface area contributed by atoms with Crippen LogP contribution in [-0.4, -0.2) is 23.5 Å². The van der Waals surface area contributed by atoms with Crippen molar-refractivity contribution in [2.45, 2.75) is 97.6 Å². The van der Waals surface area contributed by atoms with Crippen LogP contribution >= 0.6 is 0 Å². The number of hydrogen-bond donors (Lipinski definition) is 1. The number of Topliss-reactive ketones (excluding diaryl/α,β-unsaturated/α-hetero) is 1. The molecule has 1 amide bonds. The summed E-state index contributed by atoms with van der Waals surface area (Å²) in [5, 5.41) is 2.83. The van der Waals surface area contributed by atoms with Crippen LogP contribution in [0.2, 0.25) is 0 Å². The smallest absolute Gasteiger partial charge is 0.408 e. The Bertz CT molecular complexity index is 379. The first-order valence-corrected chi connectivity index (χ1v) is 9.19. The zero-order chi connectivity index (χ0) is 17.5. The number of rotatable bonds is 7. The molecule has 1 fully saturated rings. The fourth-order valence-corrected chi connectivity index (χ4v) is 3.08. The van der Waals surface area contributed by atoms with Crippen molar-refractivity contribution in [3.63, 3.8) is 0 Å². The second-order valence-corrected chi connectivity index (χ2v) is 8.34. The average molecular weight is 325 g/mol. The standard InChI is InChI=1S/C19H35NO3/c1-14(2)11-12-17(21)16(13-15-9-7-6-8-10-15)20-18(22)23-19(3,4)5/h14-16H,6-13H2,1-5H3,(H,20,22)/t16-/m0/s1.